The Balaban J connectivity index is 2.31. The van der Waals surface area contributed by atoms with Gasteiger partial charge in [-0.1, -0.05) is 48.9 Å². The summed E-state index contributed by atoms with van der Waals surface area (Å²) in [5, 5.41) is 1.39. The Labute approximate surface area is 126 Å². The van der Waals surface area contributed by atoms with Crippen molar-refractivity contribution in [2.75, 3.05) is 6.61 Å². The minimum Gasteiger partial charge on any atom is -0.413 e. The molecule has 1 atom stereocenters. The van der Waals surface area contributed by atoms with Gasteiger partial charge in [0.2, 0.25) is 8.32 Å². The van der Waals surface area contributed by atoms with Gasteiger partial charge in [0.15, 0.2) is 0 Å². The summed E-state index contributed by atoms with van der Waals surface area (Å²) in [6.45, 7) is 12.1. The summed E-state index contributed by atoms with van der Waals surface area (Å²) in [5.74, 6) is 0.742. The molecule has 0 aliphatic rings. The highest BCUT2D eigenvalue weighted by atomic mass is 28.4. The van der Waals surface area contributed by atoms with Crippen molar-refractivity contribution in [1.82, 2.24) is 0 Å². The second-order valence-corrected chi connectivity index (χ2v) is 10.4. The topological polar surface area (TPSA) is 9.23 Å². The molecule has 0 unspecified atom stereocenters. The van der Waals surface area contributed by atoms with Gasteiger partial charge in [-0.3, -0.25) is 0 Å². The van der Waals surface area contributed by atoms with Gasteiger partial charge in [0.05, 0.1) is 0 Å². The number of allylic oxidation sites excluding steroid dienone is 2. The van der Waals surface area contributed by atoms with E-state index in [1.165, 1.54) is 30.0 Å². The quantitative estimate of drug-likeness (QED) is 0.489. The van der Waals surface area contributed by atoms with Crippen LogP contribution in [0.15, 0.2) is 42.0 Å². The standard InChI is InChI=1S/C18H30OSi/c1-16(2)10-9-11-17(3)14-15-19-20(4,5)18-12-7-6-8-13-18/h6-8,10,12-13,17H,9,11,14-15H2,1-5H3/t17-/m0/s1. The van der Waals surface area contributed by atoms with E-state index in [-0.39, 0.29) is 0 Å². The highest BCUT2D eigenvalue weighted by Crippen LogP contribution is 2.14. The summed E-state index contributed by atoms with van der Waals surface area (Å²) < 4.78 is 6.24. The molecule has 0 saturated heterocycles. The SMILES string of the molecule is CC(C)=CCC[C@H](C)CCO[Si](C)(C)c1ccccc1. The molecule has 0 aromatic heterocycles. The number of benzene rings is 1. The Bertz CT molecular complexity index is 405. The van der Waals surface area contributed by atoms with Crippen molar-refractivity contribution in [3.8, 4) is 0 Å². The molecule has 2 heteroatoms. The number of hydrogen-bond acceptors (Lipinski definition) is 1. The van der Waals surface area contributed by atoms with E-state index in [2.05, 4.69) is 70.3 Å². The molecule has 0 N–H and O–H groups in total. The van der Waals surface area contributed by atoms with E-state index in [0.29, 0.717) is 0 Å². The molecule has 0 spiro atoms. The molecule has 0 aliphatic carbocycles. The van der Waals surface area contributed by atoms with Crippen LogP contribution in [0.3, 0.4) is 0 Å². The molecule has 112 valence electrons. The second-order valence-electron chi connectivity index (χ2n) is 6.48. The molecule has 0 heterocycles. The molecule has 1 rings (SSSR count). The third-order valence-corrected chi connectivity index (χ3v) is 6.40. The van der Waals surface area contributed by atoms with Crippen molar-refractivity contribution < 1.29 is 4.43 Å². The largest absolute Gasteiger partial charge is 0.413 e. The molecular weight excluding hydrogens is 260 g/mol. The summed E-state index contributed by atoms with van der Waals surface area (Å²) in [6.07, 6.45) is 5.96. The van der Waals surface area contributed by atoms with E-state index in [4.69, 9.17) is 4.43 Å². The van der Waals surface area contributed by atoms with Crippen LogP contribution < -0.4 is 5.19 Å². The molecule has 0 saturated carbocycles. The van der Waals surface area contributed by atoms with Crippen LogP contribution in [0.25, 0.3) is 0 Å². The third-order valence-electron chi connectivity index (χ3n) is 3.75. The van der Waals surface area contributed by atoms with Crippen molar-refractivity contribution in [3.05, 3.63) is 42.0 Å². The van der Waals surface area contributed by atoms with Crippen LogP contribution >= 0.6 is 0 Å². The summed E-state index contributed by atoms with van der Waals surface area (Å²) in [4.78, 5) is 0. The van der Waals surface area contributed by atoms with Gasteiger partial charge in [-0.05, 0) is 57.3 Å². The Hall–Kier alpha value is -0.863. The lowest BCUT2D eigenvalue weighted by Crippen LogP contribution is -2.44. The molecule has 0 aliphatic heterocycles. The zero-order valence-electron chi connectivity index (χ0n) is 13.8. The first-order valence-corrected chi connectivity index (χ1v) is 10.7. The van der Waals surface area contributed by atoms with Gasteiger partial charge in [0.1, 0.15) is 0 Å². The lowest BCUT2D eigenvalue weighted by atomic mass is 10.0. The Morgan fingerprint density at radius 3 is 2.40 bits per heavy atom. The third kappa shape index (κ3) is 6.53. The first-order valence-electron chi connectivity index (χ1n) is 7.74. The van der Waals surface area contributed by atoms with Crippen LogP contribution in [0.4, 0.5) is 0 Å². The fourth-order valence-corrected chi connectivity index (χ4v) is 4.03. The van der Waals surface area contributed by atoms with Crippen LogP contribution in [0, 0.1) is 5.92 Å². The van der Waals surface area contributed by atoms with Crippen LogP contribution in [0.2, 0.25) is 13.1 Å². The molecule has 0 amide bonds. The van der Waals surface area contributed by atoms with E-state index in [9.17, 15) is 0 Å². The zero-order chi connectivity index (χ0) is 15.0. The van der Waals surface area contributed by atoms with E-state index in [0.717, 1.165) is 12.5 Å². The predicted octanol–water partition coefficient (Wildman–Crippen LogP) is 4.89. The smallest absolute Gasteiger partial charge is 0.218 e. The van der Waals surface area contributed by atoms with Gasteiger partial charge >= 0.3 is 0 Å². The predicted molar refractivity (Wildman–Crippen MR) is 92.0 cm³/mol. The van der Waals surface area contributed by atoms with Crippen molar-refractivity contribution in [1.29, 1.82) is 0 Å². The highest BCUT2D eigenvalue weighted by Gasteiger charge is 2.24. The average molecular weight is 291 g/mol. The van der Waals surface area contributed by atoms with E-state index in [1.54, 1.807) is 0 Å². The normalized spacial score (nSPS) is 13.1. The van der Waals surface area contributed by atoms with E-state index >= 15 is 0 Å². The lowest BCUT2D eigenvalue weighted by Gasteiger charge is -2.24. The fraction of sp³-hybridized carbons (Fsp3) is 0.556. The molecule has 0 fully saturated rings. The van der Waals surface area contributed by atoms with Gasteiger partial charge in [0, 0.05) is 6.61 Å². The zero-order valence-corrected chi connectivity index (χ0v) is 14.8. The summed E-state index contributed by atoms with van der Waals surface area (Å²) in [7, 11) is -1.71. The maximum absolute atomic E-state index is 6.24. The summed E-state index contributed by atoms with van der Waals surface area (Å²) in [5.41, 5.74) is 1.42. The van der Waals surface area contributed by atoms with Gasteiger partial charge in [-0.25, -0.2) is 0 Å². The van der Waals surface area contributed by atoms with Gasteiger partial charge in [-0.2, -0.15) is 0 Å². The molecule has 1 nitrogen and oxygen atoms in total. The van der Waals surface area contributed by atoms with Gasteiger partial charge < -0.3 is 4.43 Å². The molecular formula is C18H30OSi. The number of rotatable bonds is 8. The molecule has 0 radical (unpaired) electrons. The van der Waals surface area contributed by atoms with E-state index < -0.39 is 8.32 Å². The summed E-state index contributed by atoms with van der Waals surface area (Å²) in [6, 6.07) is 10.7. The first kappa shape index (κ1) is 17.2. The average Bonchev–Trinajstić information content (AvgIpc) is 2.39. The Morgan fingerprint density at radius 1 is 1.15 bits per heavy atom. The minimum atomic E-state index is -1.71. The molecule has 1 aromatic carbocycles. The van der Waals surface area contributed by atoms with Crippen LogP contribution in [0.5, 0.6) is 0 Å². The van der Waals surface area contributed by atoms with Crippen LogP contribution in [-0.2, 0) is 4.43 Å². The lowest BCUT2D eigenvalue weighted by molar-refractivity contribution is 0.277. The van der Waals surface area contributed by atoms with Crippen molar-refractivity contribution in [2.24, 2.45) is 5.92 Å². The minimum absolute atomic E-state index is 0.742. The maximum atomic E-state index is 6.24. The molecule has 1 aromatic rings. The van der Waals surface area contributed by atoms with Crippen LogP contribution in [0.1, 0.15) is 40.0 Å². The highest BCUT2D eigenvalue weighted by molar-refractivity contribution is 6.84. The van der Waals surface area contributed by atoms with Crippen molar-refractivity contribution in [3.63, 3.8) is 0 Å². The maximum Gasteiger partial charge on any atom is 0.218 e. The fourth-order valence-electron chi connectivity index (χ4n) is 2.24. The van der Waals surface area contributed by atoms with Crippen molar-refractivity contribution in [2.45, 2.75) is 53.1 Å². The van der Waals surface area contributed by atoms with E-state index in [1.807, 2.05) is 0 Å². The van der Waals surface area contributed by atoms with Crippen molar-refractivity contribution >= 4 is 13.5 Å². The molecule has 20 heavy (non-hydrogen) atoms. The Kier molecular flexibility index (Phi) is 7.24. The first-order chi connectivity index (χ1) is 9.42. The van der Waals surface area contributed by atoms with Gasteiger partial charge in [0.25, 0.3) is 0 Å². The second kappa shape index (κ2) is 8.43. The van der Waals surface area contributed by atoms with Crippen LogP contribution in [-0.4, -0.2) is 14.9 Å². The molecule has 0 bridgehead atoms. The Morgan fingerprint density at radius 2 is 1.80 bits per heavy atom. The summed E-state index contributed by atoms with van der Waals surface area (Å²) >= 11 is 0. The monoisotopic (exact) mass is 290 g/mol. The van der Waals surface area contributed by atoms with Gasteiger partial charge in [-0.15, -0.1) is 0 Å². The number of hydrogen-bond donors (Lipinski definition) is 0.